The topological polar surface area (TPSA) is 47.9 Å². The third kappa shape index (κ3) is 3.21. The molecule has 0 spiro atoms. The van der Waals surface area contributed by atoms with E-state index in [0.717, 1.165) is 5.56 Å². The molecular formula is C13H17IO4. The van der Waals surface area contributed by atoms with E-state index in [0.29, 0.717) is 11.0 Å². The highest BCUT2D eigenvalue weighted by Gasteiger charge is 2.44. The van der Waals surface area contributed by atoms with Crippen LogP contribution in [0.1, 0.15) is 5.56 Å². The molecule has 1 saturated heterocycles. The maximum Gasteiger partial charge on any atom is 0.186 e. The van der Waals surface area contributed by atoms with Crippen LogP contribution < -0.4 is 0 Å². The van der Waals surface area contributed by atoms with E-state index in [-0.39, 0.29) is 6.10 Å². The molecule has 0 aliphatic carbocycles. The number of halogens is 1. The molecule has 2 rings (SSSR count). The van der Waals surface area contributed by atoms with E-state index in [9.17, 15) is 5.11 Å². The van der Waals surface area contributed by atoms with Crippen LogP contribution in [0, 0.1) is 0 Å². The van der Waals surface area contributed by atoms with Gasteiger partial charge in [-0.05, 0) is 5.56 Å². The number of alkyl halides is 1. The van der Waals surface area contributed by atoms with E-state index in [1.165, 1.54) is 0 Å². The first-order valence-corrected chi connectivity index (χ1v) is 7.36. The average Bonchev–Trinajstić information content (AvgIpc) is 2.73. The smallest absolute Gasteiger partial charge is 0.186 e. The first kappa shape index (κ1) is 14.2. The molecule has 1 heterocycles. The van der Waals surface area contributed by atoms with Crippen molar-refractivity contribution in [2.45, 2.75) is 31.2 Å². The van der Waals surface area contributed by atoms with Crippen LogP contribution in [0.25, 0.3) is 0 Å². The maximum absolute atomic E-state index is 10.1. The Bertz CT molecular complexity index is 357. The van der Waals surface area contributed by atoms with Crippen molar-refractivity contribution in [3.63, 3.8) is 0 Å². The zero-order valence-corrected chi connectivity index (χ0v) is 12.3. The molecule has 1 N–H and O–H groups in total. The Morgan fingerprint density at radius 1 is 1.33 bits per heavy atom. The number of benzene rings is 1. The number of rotatable bonds is 5. The quantitative estimate of drug-likeness (QED) is 0.639. The van der Waals surface area contributed by atoms with Gasteiger partial charge in [-0.25, -0.2) is 0 Å². The van der Waals surface area contributed by atoms with Crippen molar-refractivity contribution in [1.29, 1.82) is 0 Å². The Kier molecular flexibility index (Phi) is 5.38. The van der Waals surface area contributed by atoms with Crippen molar-refractivity contribution in [2.75, 3.05) is 11.5 Å². The lowest BCUT2D eigenvalue weighted by molar-refractivity contribution is -0.163. The number of ether oxygens (including phenoxy) is 3. The Hall–Kier alpha value is -0.210. The number of hydrogen-bond acceptors (Lipinski definition) is 4. The van der Waals surface area contributed by atoms with Gasteiger partial charge in [0, 0.05) is 11.5 Å². The number of methoxy groups -OCH3 is 1. The van der Waals surface area contributed by atoms with Crippen molar-refractivity contribution in [1.82, 2.24) is 0 Å². The van der Waals surface area contributed by atoms with Gasteiger partial charge in [0.05, 0.1) is 12.7 Å². The van der Waals surface area contributed by atoms with Gasteiger partial charge in [0.1, 0.15) is 12.2 Å². The van der Waals surface area contributed by atoms with Gasteiger partial charge in [-0.3, -0.25) is 0 Å². The van der Waals surface area contributed by atoms with Crippen molar-refractivity contribution in [3.8, 4) is 0 Å². The van der Waals surface area contributed by atoms with E-state index in [1.807, 2.05) is 30.3 Å². The van der Waals surface area contributed by atoms with E-state index in [4.69, 9.17) is 14.2 Å². The van der Waals surface area contributed by atoms with Crippen LogP contribution in [0.15, 0.2) is 30.3 Å². The molecule has 1 aliphatic rings. The Labute approximate surface area is 120 Å². The van der Waals surface area contributed by atoms with Crippen LogP contribution in [-0.4, -0.2) is 41.2 Å². The first-order chi connectivity index (χ1) is 8.76. The second-order valence-corrected chi connectivity index (χ2v) is 5.07. The molecule has 1 unspecified atom stereocenters. The summed E-state index contributed by atoms with van der Waals surface area (Å²) in [5, 5.41) is 10.1. The Balaban J connectivity index is 1.95. The lowest BCUT2D eigenvalue weighted by Gasteiger charge is -2.19. The summed E-state index contributed by atoms with van der Waals surface area (Å²) < 4.78 is 17.2. The van der Waals surface area contributed by atoms with Gasteiger partial charge in [-0.2, -0.15) is 0 Å². The van der Waals surface area contributed by atoms with Gasteiger partial charge in [0.2, 0.25) is 0 Å². The van der Waals surface area contributed by atoms with E-state index in [1.54, 1.807) is 7.11 Å². The molecule has 18 heavy (non-hydrogen) atoms. The normalized spacial score (nSPS) is 31.7. The van der Waals surface area contributed by atoms with Crippen LogP contribution >= 0.6 is 22.6 Å². The molecule has 0 amide bonds. The standard InChI is InChI=1S/C13H17IO4/c1-16-13-12(11(15)10(7-14)18-13)17-8-9-5-3-2-4-6-9/h2-6,10-13,15H,7-8H2,1H3/t10-,11-,12-,13?/m1/s1. The van der Waals surface area contributed by atoms with Crippen LogP contribution in [0.2, 0.25) is 0 Å². The Morgan fingerprint density at radius 2 is 2.06 bits per heavy atom. The minimum absolute atomic E-state index is 0.226. The van der Waals surface area contributed by atoms with Gasteiger partial charge in [0.15, 0.2) is 6.29 Å². The van der Waals surface area contributed by atoms with Crippen LogP contribution in [-0.2, 0) is 20.8 Å². The van der Waals surface area contributed by atoms with Crippen LogP contribution in [0.5, 0.6) is 0 Å². The second kappa shape index (κ2) is 6.81. The van der Waals surface area contributed by atoms with Crippen molar-refractivity contribution in [3.05, 3.63) is 35.9 Å². The molecule has 100 valence electrons. The SMILES string of the molecule is COC1O[C@H](CI)[C@@H](O)[C@H]1OCc1ccccc1. The zero-order valence-electron chi connectivity index (χ0n) is 10.2. The van der Waals surface area contributed by atoms with Crippen molar-refractivity contribution < 1.29 is 19.3 Å². The third-order valence-corrected chi connectivity index (χ3v) is 3.83. The molecule has 1 aliphatic heterocycles. The Morgan fingerprint density at radius 3 is 2.67 bits per heavy atom. The number of aliphatic hydroxyl groups excluding tert-OH is 1. The lowest BCUT2D eigenvalue weighted by atomic mass is 10.1. The average molecular weight is 364 g/mol. The summed E-state index contributed by atoms with van der Waals surface area (Å²) in [7, 11) is 1.56. The summed E-state index contributed by atoms with van der Waals surface area (Å²) in [6.07, 6.45) is -1.80. The maximum atomic E-state index is 10.1. The molecule has 0 radical (unpaired) electrons. The van der Waals surface area contributed by atoms with Gasteiger partial charge in [-0.1, -0.05) is 52.9 Å². The van der Waals surface area contributed by atoms with Crippen LogP contribution in [0.4, 0.5) is 0 Å². The molecular weight excluding hydrogens is 347 g/mol. The summed E-state index contributed by atoms with van der Waals surface area (Å²) in [6, 6.07) is 9.85. The fourth-order valence-electron chi connectivity index (χ4n) is 1.96. The van der Waals surface area contributed by atoms with Crippen LogP contribution in [0.3, 0.4) is 0 Å². The highest BCUT2D eigenvalue weighted by molar-refractivity contribution is 14.1. The number of aliphatic hydroxyl groups is 1. The second-order valence-electron chi connectivity index (χ2n) is 4.18. The number of hydrogen-bond donors (Lipinski definition) is 1. The molecule has 4 atom stereocenters. The minimum Gasteiger partial charge on any atom is -0.387 e. The summed E-state index contributed by atoms with van der Waals surface area (Å²) >= 11 is 2.18. The summed E-state index contributed by atoms with van der Waals surface area (Å²) in [5.41, 5.74) is 1.07. The highest BCUT2D eigenvalue weighted by Crippen LogP contribution is 2.26. The predicted molar refractivity (Wildman–Crippen MR) is 75.6 cm³/mol. The molecule has 0 bridgehead atoms. The van der Waals surface area contributed by atoms with Crippen molar-refractivity contribution >= 4 is 22.6 Å². The van der Waals surface area contributed by atoms with Gasteiger partial charge >= 0.3 is 0 Å². The van der Waals surface area contributed by atoms with Gasteiger partial charge in [-0.15, -0.1) is 0 Å². The highest BCUT2D eigenvalue weighted by atomic mass is 127. The van der Waals surface area contributed by atoms with E-state index in [2.05, 4.69) is 22.6 Å². The lowest BCUT2D eigenvalue weighted by Crippen LogP contribution is -2.36. The largest absolute Gasteiger partial charge is 0.387 e. The van der Waals surface area contributed by atoms with Crippen molar-refractivity contribution in [2.24, 2.45) is 0 Å². The van der Waals surface area contributed by atoms with E-state index < -0.39 is 18.5 Å². The first-order valence-electron chi connectivity index (χ1n) is 5.84. The fourth-order valence-corrected chi connectivity index (χ4v) is 2.69. The molecule has 0 saturated carbocycles. The molecule has 4 nitrogen and oxygen atoms in total. The summed E-state index contributed by atoms with van der Waals surface area (Å²) in [6.45, 7) is 0.444. The predicted octanol–water partition coefficient (Wildman–Crippen LogP) is 1.74. The molecule has 1 aromatic rings. The van der Waals surface area contributed by atoms with Gasteiger partial charge < -0.3 is 19.3 Å². The minimum atomic E-state index is -0.643. The summed E-state index contributed by atoms with van der Waals surface area (Å²) in [5.74, 6) is 0. The monoisotopic (exact) mass is 364 g/mol. The molecule has 1 aromatic carbocycles. The molecule has 5 heteroatoms. The zero-order chi connectivity index (χ0) is 13.0. The molecule has 1 fully saturated rings. The third-order valence-electron chi connectivity index (χ3n) is 2.96. The fraction of sp³-hybridized carbons (Fsp3) is 0.538. The molecule has 0 aromatic heterocycles. The van der Waals surface area contributed by atoms with Gasteiger partial charge in [0.25, 0.3) is 0 Å². The summed E-state index contributed by atoms with van der Waals surface area (Å²) in [4.78, 5) is 0. The van der Waals surface area contributed by atoms with E-state index >= 15 is 0 Å².